The van der Waals surface area contributed by atoms with Crippen LogP contribution < -0.4 is 10.1 Å². The van der Waals surface area contributed by atoms with Gasteiger partial charge < -0.3 is 10.1 Å². The van der Waals surface area contributed by atoms with Crippen LogP contribution in [-0.4, -0.2) is 16.5 Å². The molecule has 110 valence electrons. The van der Waals surface area contributed by atoms with Gasteiger partial charge in [-0.15, -0.1) is 0 Å². The SMILES string of the molecule is CCNC(C)c1ccc(Oc2ccccc2[N+](=O)[O-])cn1. The molecule has 21 heavy (non-hydrogen) atoms. The fourth-order valence-corrected chi connectivity index (χ4v) is 1.94. The molecule has 1 heterocycles. The molecule has 2 aromatic rings. The van der Waals surface area contributed by atoms with Gasteiger partial charge >= 0.3 is 5.69 Å². The highest BCUT2D eigenvalue weighted by atomic mass is 16.6. The van der Waals surface area contributed by atoms with E-state index in [-0.39, 0.29) is 17.5 Å². The Hall–Kier alpha value is -2.47. The number of hydrogen-bond acceptors (Lipinski definition) is 5. The standard InChI is InChI=1S/C15H17N3O3/c1-3-16-11(2)13-9-8-12(10-17-13)21-15-7-5-4-6-14(15)18(19)20/h4-11,16H,3H2,1-2H3. The van der Waals surface area contributed by atoms with Crippen molar-refractivity contribution in [2.75, 3.05) is 6.54 Å². The minimum atomic E-state index is -0.468. The Morgan fingerprint density at radius 1 is 1.33 bits per heavy atom. The van der Waals surface area contributed by atoms with Crippen molar-refractivity contribution in [3.05, 3.63) is 58.4 Å². The molecule has 1 aromatic heterocycles. The van der Waals surface area contributed by atoms with Crippen molar-refractivity contribution >= 4 is 5.69 Å². The summed E-state index contributed by atoms with van der Waals surface area (Å²) in [6, 6.07) is 10.0. The lowest BCUT2D eigenvalue weighted by Gasteiger charge is -2.12. The van der Waals surface area contributed by atoms with Gasteiger partial charge in [-0.05, 0) is 31.7 Å². The number of nitro groups is 1. The highest BCUT2D eigenvalue weighted by Crippen LogP contribution is 2.30. The van der Waals surface area contributed by atoms with E-state index < -0.39 is 4.92 Å². The molecule has 6 nitrogen and oxygen atoms in total. The van der Waals surface area contributed by atoms with Crippen LogP contribution in [0.2, 0.25) is 0 Å². The molecule has 0 spiro atoms. The molecule has 1 aromatic carbocycles. The van der Waals surface area contributed by atoms with Crippen molar-refractivity contribution in [2.24, 2.45) is 0 Å². The second-order valence-corrected chi connectivity index (χ2v) is 4.53. The molecule has 0 aliphatic heterocycles. The Kier molecular flexibility index (Phi) is 4.84. The van der Waals surface area contributed by atoms with Gasteiger partial charge in [0.05, 0.1) is 16.8 Å². The molecule has 0 fully saturated rings. The van der Waals surface area contributed by atoms with E-state index in [0.717, 1.165) is 12.2 Å². The molecular formula is C15H17N3O3. The average molecular weight is 287 g/mol. The minimum absolute atomic E-state index is 0.0670. The molecule has 0 aliphatic rings. The van der Waals surface area contributed by atoms with Crippen molar-refractivity contribution in [1.29, 1.82) is 0 Å². The van der Waals surface area contributed by atoms with Crippen LogP contribution in [0, 0.1) is 10.1 Å². The number of nitro benzene ring substituents is 1. The average Bonchev–Trinajstić information content (AvgIpc) is 2.48. The lowest BCUT2D eigenvalue weighted by Crippen LogP contribution is -2.18. The van der Waals surface area contributed by atoms with Crippen molar-refractivity contribution in [3.63, 3.8) is 0 Å². The zero-order valence-electron chi connectivity index (χ0n) is 11.9. The van der Waals surface area contributed by atoms with E-state index in [0.29, 0.717) is 5.75 Å². The molecule has 0 saturated heterocycles. The predicted octanol–water partition coefficient (Wildman–Crippen LogP) is 3.45. The largest absolute Gasteiger partial charge is 0.449 e. The third-order valence-corrected chi connectivity index (χ3v) is 3.00. The predicted molar refractivity (Wildman–Crippen MR) is 79.5 cm³/mol. The van der Waals surface area contributed by atoms with Crippen LogP contribution in [0.25, 0.3) is 0 Å². The number of aromatic nitrogens is 1. The summed E-state index contributed by atoms with van der Waals surface area (Å²) in [5, 5.41) is 14.2. The molecule has 1 N–H and O–H groups in total. The van der Waals surface area contributed by atoms with E-state index in [1.165, 1.54) is 6.07 Å². The van der Waals surface area contributed by atoms with Gasteiger partial charge in [0.1, 0.15) is 5.75 Å². The van der Waals surface area contributed by atoms with Crippen LogP contribution in [0.5, 0.6) is 11.5 Å². The summed E-state index contributed by atoms with van der Waals surface area (Å²) in [4.78, 5) is 14.8. The lowest BCUT2D eigenvalue weighted by atomic mass is 10.2. The first kappa shape index (κ1) is 14.9. The second kappa shape index (κ2) is 6.81. The van der Waals surface area contributed by atoms with Crippen LogP contribution in [0.15, 0.2) is 42.6 Å². The van der Waals surface area contributed by atoms with Crippen molar-refractivity contribution in [1.82, 2.24) is 10.3 Å². The Labute approximate surface area is 122 Å². The molecule has 0 saturated carbocycles. The Morgan fingerprint density at radius 3 is 2.71 bits per heavy atom. The molecule has 1 atom stereocenters. The quantitative estimate of drug-likeness (QED) is 0.650. The molecule has 6 heteroatoms. The highest BCUT2D eigenvalue weighted by molar-refractivity contribution is 5.47. The van der Waals surface area contributed by atoms with Gasteiger partial charge in [-0.3, -0.25) is 15.1 Å². The first-order valence-corrected chi connectivity index (χ1v) is 6.72. The fourth-order valence-electron chi connectivity index (χ4n) is 1.94. The molecule has 0 radical (unpaired) electrons. The topological polar surface area (TPSA) is 77.3 Å². The van der Waals surface area contributed by atoms with E-state index >= 15 is 0 Å². The summed E-state index contributed by atoms with van der Waals surface area (Å²) in [6.07, 6.45) is 1.57. The highest BCUT2D eigenvalue weighted by Gasteiger charge is 2.14. The van der Waals surface area contributed by atoms with Crippen LogP contribution in [-0.2, 0) is 0 Å². The van der Waals surface area contributed by atoms with E-state index in [1.807, 2.05) is 19.9 Å². The van der Waals surface area contributed by atoms with Crippen LogP contribution in [0.3, 0.4) is 0 Å². The van der Waals surface area contributed by atoms with Crippen LogP contribution >= 0.6 is 0 Å². The van der Waals surface area contributed by atoms with Gasteiger partial charge in [0.2, 0.25) is 5.75 Å². The molecule has 0 bridgehead atoms. The monoisotopic (exact) mass is 287 g/mol. The third-order valence-electron chi connectivity index (χ3n) is 3.00. The molecule has 1 unspecified atom stereocenters. The normalized spacial score (nSPS) is 11.9. The fraction of sp³-hybridized carbons (Fsp3) is 0.267. The Morgan fingerprint density at radius 2 is 2.10 bits per heavy atom. The molecule has 0 amide bonds. The van der Waals surface area contributed by atoms with Gasteiger partial charge in [0.25, 0.3) is 0 Å². The zero-order valence-corrected chi connectivity index (χ0v) is 11.9. The number of pyridine rings is 1. The second-order valence-electron chi connectivity index (χ2n) is 4.53. The summed E-state index contributed by atoms with van der Waals surface area (Å²) in [7, 11) is 0. The van der Waals surface area contributed by atoms with Crippen molar-refractivity contribution in [2.45, 2.75) is 19.9 Å². The van der Waals surface area contributed by atoms with Gasteiger partial charge in [-0.25, -0.2) is 0 Å². The smallest absolute Gasteiger partial charge is 0.311 e. The molecule has 0 aliphatic carbocycles. The van der Waals surface area contributed by atoms with Gasteiger partial charge in [-0.2, -0.15) is 0 Å². The summed E-state index contributed by atoms with van der Waals surface area (Å²) in [5.41, 5.74) is 0.828. The summed E-state index contributed by atoms with van der Waals surface area (Å²) >= 11 is 0. The number of para-hydroxylation sites is 2. The Balaban J connectivity index is 2.16. The maximum Gasteiger partial charge on any atom is 0.311 e. The summed E-state index contributed by atoms with van der Waals surface area (Å²) < 4.78 is 5.54. The van der Waals surface area contributed by atoms with Crippen LogP contribution in [0.4, 0.5) is 5.69 Å². The summed E-state index contributed by atoms with van der Waals surface area (Å²) in [5.74, 6) is 0.675. The van der Waals surface area contributed by atoms with E-state index in [4.69, 9.17) is 4.74 Å². The number of hydrogen-bond donors (Lipinski definition) is 1. The summed E-state index contributed by atoms with van der Waals surface area (Å²) in [6.45, 7) is 4.91. The third kappa shape index (κ3) is 3.76. The van der Waals surface area contributed by atoms with Crippen molar-refractivity contribution < 1.29 is 9.66 Å². The number of nitrogens with zero attached hydrogens (tertiary/aromatic N) is 2. The number of rotatable bonds is 6. The van der Waals surface area contributed by atoms with E-state index in [1.54, 1.807) is 30.5 Å². The molecule has 2 rings (SSSR count). The lowest BCUT2D eigenvalue weighted by molar-refractivity contribution is -0.385. The zero-order chi connectivity index (χ0) is 15.2. The first-order chi connectivity index (χ1) is 10.1. The van der Waals surface area contributed by atoms with Gasteiger partial charge in [0.15, 0.2) is 0 Å². The first-order valence-electron chi connectivity index (χ1n) is 6.72. The number of nitrogens with one attached hydrogen (secondary N) is 1. The Bertz CT molecular complexity index is 614. The van der Waals surface area contributed by atoms with Crippen LogP contribution in [0.1, 0.15) is 25.6 Å². The van der Waals surface area contributed by atoms with Gasteiger partial charge in [-0.1, -0.05) is 19.1 Å². The van der Waals surface area contributed by atoms with Gasteiger partial charge in [0, 0.05) is 12.1 Å². The van der Waals surface area contributed by atoms with E-state index in [9.17, 15) is 10.1 Å². The van der Waals surface area contributed by atoms with E-state index in [2.05, 4.69) is 10.3 Å². The number of ether oxygens (including phenoxy) is 1. The number of benzene rings is 1. The maximum atomic E-state index is 10.9. The minimum Gasteiger partial charge on any atom is -0.449 e. The van der Waals surface area contributed by atoms with Crippen molar-refractivity contribution in [3.8, 4) is 11.5 Å². The molecular weight excluding hydrogens is 270 g/mol. The maximum absolute atomic E-state index is 10.9.